The molecule has 0 aliphatic heterocycles. The van der Waals surface area contributed by atoms with Gasteiger partial charge in [0.2, 0.25) is 11.8 Å². The predicted molar refractivity (Wildman–Crippen MR) is 146 cm³/mol. The highest BCUT2D eigenvalue weighted by Crippen LogP contribution is 2.23. The molecule has 184 valence electrons. The van der Waals surface area contributed by atoms with Gasteiger partial charge in [-0.05, 0) is 66.6 Å². The van der Waals surface area contributed by atoms with Crippen molar-refractivity contribution in [3.05, 3.63) is 100 Å². The molecule has 0 aliphatic rings. The van der Waals surface area contributed by atoms with Crippen LogP contribution in [0, 0.1) is 0 Å². The van der Waals surface area contributed by atoms with Gasteiger partial charge in [0.1, 0.15) is 6.04 Å². The second-order valence-corrected chi connectivity index (χ2v) is 10.2. The number of carbonyl (C=O) groups excluding carboxylic acids is 2. The Morgan fingerprint density at radius 3 is 2.14 bits per heavy atom. The van der Waals surface area contributed by atoms with Crippen LogP contribution in [0.4, 0.5) is 0 Å². The minimum Gasteiger partial charge on any atom is -0.355 e. The molecule has 0 fully saturated rings. The maximum absolute atomic E-state index is 13.5. The molecule has 1 N–H and O–H groups in total. The molecule has 0 radical (unpaired) electrons. The molecule has 0 saturated carbocycles. The highest BCUT2D eigenvalue weighted by Gasteiger charge is 2.29. The predicted octanol–water partition coefficient (Wildman–Crippen LogP) is 6.64. The summed E-state index contributed by atoms with van der Waals surface area (Å²) < 4.78 is 0. The quantitative estimate of drug-likeness (QED) is 0.211. The first-order chi connectivity index (χ1) is 17.0. The van der Waals surface area contributed by atoms with Crippen molar-refractivity contribution >= 4 is 46.8 Å². The van der Waals surface area contributed by atoms with Crippen LogP contribution in [0.2, 0.25) is 10.0 Å². The van der Waals surface area contributed by atoms with Crippen molar-refractivity contribution in [2.45, 2.75) is 43.7 Å². The van der Waals surface area contributed by atoms with Crippen molar-refractivity contribution in [2.24, 2.45) is 0 Å². The summed E-state index contributed by atoms with van der Waals surface area (Å²) in [6.45, 7) is 2.73. The zero-order valence-electron chi connectivity index (χ0n) is 19.8. The lowest BCUT2D eigenvalue weighted by Gasteiger charge is -2.31. The molecule has 4 nitrogen and oxygen atoms in total. The third-order valence-corrected chi connectivity index (χ3v) is 7.11. The van der Waals surface area contributed by atoms with Crippen LogP contribution in [-0.4, -0.2) is 35.1 Å². The fraction of sp³-hybridized carbons (Fsp3) is 0.286. The van der Waals surface area contributed by atoms with Crippen molar-refractivity contribution < 1.29 is 9.59 Å². The van der Waals surface area contributed by atoms with Crippen LogP contribution >= 0.6 is 35.0 Å². The summed E-state index contributed by atoms with van der Waals surface area (Å²) in [4.78, 5) is 29.5. The molecule has 3 rings (SSSR count). The fourth-order valence-electron chi connectivity index (χ4n) is 3.72. The number of hydrogen-bond acceptors (Lipinski definition) is 3. The lowest BCUT2D eigenvalue weighted by atomic mass is 10.0. The van der Waals surface area contributed by atoms with Gasteiger partial charge in [-0.25, -0.2) is 0 Å². The van der Waals surface area contributed by atoms with Crippen molar-refractivity contribution in [3.63, 3.8) is 0 Å². The van der Waals surface area contributed by atoms with Crippen molar-refractivity contribution in [1.29, 1.82) is 0 Å². The Morgan fingerprint density at radius 2 is 1.51 bits per heavy atom. The molecular weight excluding hydrogens is 499 g/mol. The van der Waals surface area contributed by atoms with E-state index in [0.717, 1.165) is 21.8 Å². The first-order valence-electron chi connectivity index (χ1n) is 11.7. The van der Waals surface area contributed by atoms with E-state index in [0.29, 0.717) is 42.4 Å². The molecule has 0 bridgehead atoms. The van der Waals surface area contributed by atoms with Crippen molar-refractivity contribution in [2.75, 3.05) is 12.3 Å². The molecular formula is C28H30Cl2N2O2S. The van der Waals surface area contributed by atoms with Gasteiger partial charge in [-0.2, -0.15) is 0 Å². The summed E-state index contributed by atoms with van der Waals surface area (Å²) in [5, 5.41) is 4.26. The number of carbonyl (C=O) groups is 2. The number of benzene rings is 3. The second kappa shape index (κ2) is 14.2. The zero-order chi connectivity index (χ0) is 25.0. The molecule has 35 heavy (non-hydrogen) atoms. The Labute approximate surface area is 222 Å². The van der Waals surface area contributed by atoms with Gasteiger partial charge in [0.05, 0.1) is 0 Å². The molecule has 0 spiro atoms. The number of rotatable bonds is 12. The smallest absolute Gasteiger partial charge is 0.243 e. The first-order valence-corrected chi connectivity index (χ1v) is 13.4. The molecule has 7 heteroatoms. The normalized spacial score (nSPS) is 11.6. The molecule has 0 heterocycles. The summed E-state index contributed by atoms with van der Waals surface area (Å²) in [5.74, 6) is 0.616. The van der Waals surface area contributed by atoms with Crippen LogP contribution in [0.1, 0.15) is 30.9 Å². The summed E-state index contributed by atoms with van der Waals surface area (Å²) >= 11 is 13.7. The van der Waals surface area contributed by atoms with E-state index in [-0.39, 0.29) is 11.8 Å². The van der Waals surface area contributed by atoms with Gasteiger partial charge >= 0.3 is 0 Å². The van der Waals surface area contributed by atoms with E-state index in [2.05, 4.69) is 5.32 Å². The third-order valence-electron chi connectivity index (χ3n) is 5.51. The third kappa shape index (κ3) is 8.92. The number of nitrogens with one attached hydrogen (secondary N) is 1. The Bertz CT molecular complexity index is 1080. The average molecular weight is 530 g/mol. The van der Waals surface area contributed by atoms with Gasteiger partial charge in [0.15, 0.2) is 0 Å². The van der Waals surface area contributed by atoms with Crippen LogP contribution in [0.3, 0.4) is 0 Å². The van der Waals surface area contributed by atoms with Gasteiger partial charge in [0, 0.05) is 40.9 Å². The lowest BCUT2D eigenvalue weighted by Crippen LogP contribution is -2.50. The molecule has 0 aromatic heterocycles. The molecule has 2 amide bonds. The van der Waals surface area contributed by atoms with Crippen molar-refractivity contribution in [3.8, 4) is 0 Å². The van der Waals surface area contributed by atoms with E-state index in [1.54, 1.807) is 28.8 Å². The SMILES string of the molecule is CCNC(=O)C(Cc1ccccc1)N(Cc1ccc(Cl)cc1)C(=O)CCCSc1ccc(Cl)cc1. The minimum atomic E-state index is -0.607. The van der Waals surface area contributed by atoms with Gasteiger partial charge in [-0.15, -0.1) is 11.8 Å². The van der Waals surface area contributed by atoms with E-state index in [4.69, 9.17) is 23.2 Å². The van der Waals surface area contributed by atoms with Crippen LogP contribution < -0.4 is 5.32 Å². The highest BCUT2D eigenvalue weighted by atomic mass is 35.5. The van der Waals surface area contributed by atoms with Gasteiger partial charge < -0.3 is 10.2 Å². The Kier molecular flexibility index (Phi) is 11.0. The highest BCUT2D eigenvalue weighted by molar-refractivity contribution is 7.99. The number of nitrogens with zero attached hydrogens (tertiary/aromatic N) is 1. The van der Waals surface area contributed by atoms with E-state index in [1.807, 2.05) is 73.7 Å². The van der Waals surface area contributed by atoms with E-state index >= 15 is 0 Å². The lowest BCUT2D eigenvalue weighted by molar-refractivity contribution is -0.141. The molecule has 0 saturated heterocycles. The number of hydrogen-bond donors (Lipinski definition) is 1. The minimum absolute atomic E-state index is 0.0381. The van der Waals surface area contributed by atoms with E-state index < -0.39 is 6.04 Å². The fourth-order valence-corrected chi connectivity index (χ4v) is 4.83. The van der Waals surface area contributed by atoms with Crippen LogP contribution in [0.25, 0.3) is 0 Å². The van der Waals surface area contributed by atoms with E-state index in [9.17, 15) is 9.59 Å². The summed E-state index contributed by atoms with van der Waals surface area (Å²) in [7, 11) is 0. The van der Waals surface area contributed by atoms with Crippen molar-refractivity contribution in [1.82, 2.24) is 10.2 Å². The standard InChI is InChI=1S/C28H30Cl2N2O2S/c1-2-31-28(34)26(19-21-7-4-3-5-8-21)32(20-22-10-12-23(29)13-11-22)27(33)9-6-18-35-25-16-14-24(30)15-17-25/h3-5,7-8,10-17,26H,2,6,9,18-20H2,1H3,(H,31,34). The maximum Gasteiger partial charge on any atom is 0.243 e. The van der Waals surface area contributed by atoms with Gasteiger partial charge in [0.25, 0.3) is 0 Å². The average Bonchev–Trinajstić information content (AvgIpc) is 2.87. The number of likely N-dealkylation sites (N-methyl/N-ethyl adjacent to an activating group) is 1. The first kappa shape index (κ1) is 27.1. The van der Waals surface area contributed by atoms with Crippen LogP contribution in [-0.2, 0) is 22.6 Å². The molecule has 1 atom stereocenters. The number of halogens is 2. The zero-order valence-corrected chi connectivity index (χ0v) is 22.1. The summed E-state index contributed by atoms with van der Waals surface area (Å²) in [6.07, 6.45) is 1.51. The van der Waals surface area contributed by atoms with Crippen LogP contribution in [0.5, 0.6) is 0 Å². The molecule has 3 aromatic carbocycles. The monoisotopic (exact) mass is 528 g/mol. The van der Waals surface area contributed by atoms with Gasteiger partial charge in [-0.1, -0.05) is 65.7 Å². The number of amides is 2. The topological polar surface area (TPSA) is 49.4 Å². The number of thioether (sulfide) groups is 1. The molecule has 0 aliphatic carbocycles. The largest absolute Gasteiger partial charge is 0.355 e. The summed E-state index contributed by atoms with van der Waals surface area (Å²) in [5.41, 5.74) is 1.94. The van der Waals surface area contributed by atoms with Gasteiger partial charge in [-0.3, -0.25) is 9.59 Å². The summed E-state index contributed by atoms with van der Waals surface area (Å²) in [6, 6.07) is 24.3. The van der Waals surface area contributed by atoms with Crippen LogP contribution in [0.15, 0.2) is 83.8 Å². The Hall–Kier alpha value is -2.47. The Morgan fingerprint density at radius 1 is 0.886 bits per heavy atom. The van der Waals surface area contributed by atoms with E-state index in [1.165, 1.54) is 0 Å². The maximum atomic E-state index is 13.5. The second-order valence-electron chi connectivity index (χ2n) is 8.15. The molecule has 1 unspecified atom stereocenters. The Balaban J connectivity index is 1.75. The molecule has 3 aromatic rings.